The summed E-state index contributed by atoms with van der Waals surface area (Å²) in [6, 6.07) is 9.90. The molecule has 0 aromatic heterocycles. The molecule has 136 valence electrons. The summed E-state index contributed by atoms with van der Waals surface area (Å²) < 4.78 is 27.4. The molecule has 2 amide bonds. The molecular weight excluding hydrogens is 362 g/mol. The lowest BCUT2D eigenvalue weighted by atomic mass is 9.96. The van der Waals surface area contributed by atoms with E-state index in [1.54, 1.807) is 29.2 Å². The molecule has 1 N–H and O–H groups in total. The minimum Gasteiger partial charge on any atom is -0.338 e. The lowest BCUT2D eigenvalue weighted by Crippen LogP contribution is -2.43. The van der Waals surface area contributed by atoms with Crippen molar-refractivity contribution in [1.82, 2.24) is 4.90 Å². The fraction of sp³-hybridized carbons (Fsp3) is 0.263. The second kappa shape index (κ2) is 7.83. The van der Waals surface area contributed by atoms with Crippen LogP contribution in [0.15, 0.2) is 42.5 Å². The molecule has 1 aliphatic rings. The molecule has 1 saturated heterocycles. The van der Waals surface area contributed by atoms with Gasteiger partial charge in [-0.25, -0.2) is 8.78 Å². The highest BCUT2D eigenvalue weighted by Crippen LogP contribution is 2.23. The molecule has 1 atom stereocenters. The fourth-order valence-corrected chi connectivity index (χ4v) is 3.12. The number of piperidine rings is 1. The molecule has 1 fully saturated rings. The molecule has 1 unspecified atom stereocenters. The van der Waals surface area contributed by atoms with E-state index in [0.717, 1.165) is 12.1 Å². The van der Waals surface area contributed by atoms with Crippen molar-refractivity contribution in [3.8, 4) is 0 Å². The number of hydrogen-bond donors (Lipinski definition) is 1. The van der Waals surface area contributed by atoms with Crippen molar-refractivity contribution >= 4 is 29.1 Å². The second-order valence-electron chi connectivity index (χ2n) is 6.18. The van der Waals surface area contributed by atoms with Crippen LogP contribution in [0.2, 0.25) is 5.02 Å². The molecule has 7 heteroatoms. The first-order chi connectivity index (χ1) is 12.5. The smallest absolute Gasteiger partial charge is 0.253 e. The zero-order valence-electron chi connectivity index (χ0n) is 13.8. The van der Waals surface area contributed by atoms with Gasteiger partial charge in [0.2, 0.25) is 5.91 Å². The molecular formula is C19H17ClF2N2O2. The molecule has 1 heterocycles. The molecule has 26 heavy (non-hydrogen) atoms. The van der Waals surface area contributed by atoms with Crippen LogP contribution < -0.4 is 5.32 Å². The topological polar surface area (TPSA) is 49.4 Å². The Morgan fingerprint density at radius 1 is 1.08 bits per heavy atom. The Bertz CT molecular complexity index is 807. The summed E-state index contributed by atoms with van der Waals surface area (Å²) in [6.07, 6.45) is 1.18. The van der Waals surface area contributed by atoms with Crippen molar-refractivity contribution in [2.45, 2.75) is 12.8 Å². The van der Waals surface area contributed by atoms with Gasteiger partial charge in [0.05, 0.1) is 5.92 Å². The Hall–Kier alpha value is -2.47. The minimum absolute atomic E-state index is 0.198. The maximum Gasteiger partial charge on any atom is 0.253 e. The van der Waals surface area contributed by atoms with Crippen LogP contribution >= 0.6 is 11.6 Å². The molecule has 4 nitrogen and oxygen atoms in total. The predicted octanol–water partition coefficient (Wildman–Crippen LogP) is 4.11. The number of carbonyl (C=O) groups is 2. The van der Waals surface area contributed by atoms with Gasteiger partial charge in [-0.1, -0.05) is 17.7 Å². The van der Waals surface area contributed by atoms with Crippen molar-refractivity contribution in [2.24, 2.45) is 5.92 Å². The Labute approximate surface area is 154 Å². The van der Waals surface area contributed by atoms with E-state index in [-0.39, 0.29) is 12.5 Å². The van der Waals surface area contributed by atoms with Crippen LogP contribution in [0, 0.1) is 17.6 Å². The Morgan fingerprint density at radius 2 is 1.73 bits per heavy atom. The van der Waals surface area contributed by atoms with Crippen molar-refractivity contribution < 1.29 is 18.4 Å². The maximum atomic E-state index is 13.7. The molecule has 0 radical (unpaired) electrons. The number of nitrogens with zero attached hydrogens (tertiary/aromatic N) is 1. The highest BCUT2D eigenvalue weighted by Gasteiger charge is 2.29. The minimum atomic E-state index is -0.830. The molecule has 0 aliphatic carbocycles. The third-order valence-electron chi connectivity index (χ3n) is 4.38. The van der Waals surface area contributed by atoms with E-state index in [2.05, 4.69) is 5.32 Å². The van der Waals surface area contributed by atoms with Crippen LogP contribution in [0.1, 0.15) is 23.2 Å². The summed E-state index contributed by atoms with van der Waals surface area (Å²) in [5, 5.41) is 2.84. The van der Waals surface area contributed by atoms with Crippen molar-refractivity contribution in [1.29, 1.82) is 0 Å². The van der Waals surface area contributed by atoms with E-state index in [9.17, 15) is 18.4 Å². The number of hydrogen-bond acceptors (Lipinski definition) is 2. The lowest BCUT2D eigenvalue weighted by Gasteiger charge is -2.32. The Kier molecular flexibility index (Phi) is 5.52. The highest BCUT2D eigenvalue weighted by atomic mass is 35.5. The van der Waals surface area contributed by atoms with Gasteiger partial charge in [0, 0.05) is 23.7 Å². The van der Waals surface area contributed by atoms with Gasteiger partial charge in [0.25, 0.3) is 5.91 Å². The largest absolute Gasteiger partial charge is 0.338 e. The number of anilines is 1. The third kappa shape index (κ3) is 4.02. The number of likely N-dealkylation sites (tertiary alicyclic amines) is 1. The molecule has 0 spiro atoms. The zero-order valence-corrected chi connectivity index (χ0v) is 14.6. The van der Waals surface area contributed by atoms with Gasteiger partial charge in [0.15, 0.2) is 0 Å². The van der Waals surface area contributed by atoms with E-state index >= 15 is 0 Å². The predicted molar refractivity (Wildman–Crippen MR) is 95.1 cm³/mol. The first-order valence-corrected chi connectivity index (χ1v) is 8.63. The number of nitrogens with one attached hydrogen (secondary N) is 1. The number of benzene rings is 2. The second-order valence-corrected chi connectivity index (χ2v) is 6.62. The van der Waals surface area contributed by atoms with Gasteiger partial charge < -0.3 is 10.2 Å². The maximum absolute atomic E-state index is 13.7. The van der Waals surface area contributed by atoms with Crippen molar-refractivity contribution in [2.75, 3.05) is 18.4 Å². The van der Waals surface area contributed by atoms with E-state index in [4.69, 9.17) is 11.6 Å². The molecule has 3 rings (SSSR count). The van der Waals surface area contributed by atoms with E-state index in [1.165, 1.54) is 6.07 Å². The molecule has 2 aromatic rings. The monoisotopic (exact) mass is 378 g/mol. The summed E-state index contributed by atoms with van der Waals surface area (Å²) in [5.41, 5.74) is 0.0225. The van der Waals surface area contributed by atoms with Crippen LogP contribution in [0.5, 0.6) is 0 Å². The highest BCUT2D eigenvalue weighted by molar-refractivity contribution is 6.30. The molecule has 0 saturated carbocycles. The van der Waals surface area contributed by atoms with Gasteiger partial charge in [-0.3, -0.25) is 9.59 Å². The summed E-state index contributed by atoms with van der Waals surface area (Å²) in [4.78, 5) is 26.6. The summed E-state index contributed by atoms with van der Waals surface area (Å²) in [6.45, 7) is 0.725. The standard InChI is InChI=1S/C19H17ClF2N2O2/c20-14-8-6-12(7-9-14)19(26)24-10-2-3-13(11-24)18(25)23-17-15(21)4-1-5-16(17)22/h1,4-9,13H,2-3,10-11H2,(H,23,25). The van der Waals surface area contributed by atoms with Gasteiger partial charge >= 0.3 is 0 Å². The van der Waals surface area contributed by atoms with Crippen LogP contribution in [-0.2, 0) is 4.79 Å². The van der Waals surface area contributed by atoms with Crippen LogP contribution in [0.4, 0.5) is 14.5 Å². The Morgan fingerprint density at radius 3 is 2.38 bits per heavy atom. The average Bonchev–Trinajstić information content (AvgIpc) is 2.65. The first kappa shape index (κ1) is 18.3. The summed E-state index contributed by atoms with van der Waals surface area (Å²) >= 11 is 5.83. The van der Waals surface area contributed by atoms with E-state index in [0.29, 0.717) is 30.0 Å². The third-order valence-corrected chi connectivity index (χ3v) is 4.63. The number of halogens is 3. The Balaban J connectivity index is 1.69. The van der Waals surface area contributed by atoms with Gasteiger partial charge in [-0.05, 0) is 49.2 Å². The van der Waals surface area contributed by atoms with Gasteiger partial charge in [0.1, 0.15) is 17.3 Å². The molecule has 0 bridgehead atoms. The van der Waals surface area contributed by atoms with E-state index in [1.807, 2.05) is 0 Å². The number of amides is 2. The van der Waals surface area contributed by atoms with Crippen molar-refractivity contribution in [3.63, 3.8) is 0 Å². The molecule has 1 aliphatic heterocycles. The zero-order chi connectivity index (χ0) is 18.7. The fourth-order valence-electron chi connectivity index (χ4n) is 2.99. The quantitative estimate of drug-likeness (QED) is 0.873. The normalized spacial score (nSPS) is 17.0. The van der Waals surface area contributed by atoms with Crippen LogP contribution in [0.25, 0.3) is 0 Å². The van der Waals surface area contributed by atoms with Crippen molar-refractivity contribution in [3.05, 3.63) is 64.7 Å². The van der Waals surface area contributed by atoms with Gasteiger partial charge in [-0.2, -0.15) is 0 Å². The lowest BCUT2D eigenvalue weighted by molar-refractivity contribution is -0.121. The van der Waals surface area contributed by atoms with Crippen LogP contribution in [0.3, 0.4) is 0 Å². The summed E-state index contributed by atoms with van der Waals surface area (Å²) in [5.74, 6) is -2.88. The number of rotatable bonds is 3. The van der Waals surface area contributed by atoms with Crippen LogP contribution in [-0.4, -0.2) is 29.8 Å². The molecule has 2 aromatic carbocycles. The van der Waals surface area contributed by atoms with E-state index < -0.39 is 29.1 Å². The first-order valence-electron chi connectivity index (χ1n) is 8.25. The summed E-state index contributed by atoms with van der Waals surface area (Å²) in [7, 11) is 0. The number of carbonyl (C=O) groups excluding carboxylic acids is 2. The number of para-hydroxylation sites is 1. The SMILES string of the molecule is O=C(Nc1c(F)cccc1F)C1CCCN(C(=O)c2ccc(Cl)cc2)C1. The average molecular weight is 379 g/mol. The van der Waals surface area contributed by atoms with Gasteiger partial charge in [-0.15, -0.1) is 0 Å².